The normalized spacial score (nSPS) is 28.6. The number of ether oxygens (including phenoxy) is 2. The number of carbonyl (C=O) groups is 2. The van der Waals surface area contributed by atoms with E-state index in [9.17, 15) is 31.5 Å². The van der Waals surface area contributed by atoms with Crippen molar-refractivity contribution in [1.82, 2.24) is 15.1 Å². The van der Waals surface area contributed by atoms with Gasteiger partial charge < -0.3 is 29.5 Å². The zero-order chi connectivity index (χ0) is 26.2. The molecule has 1 aromatic rings. The number of anilines is 1. The molecule has 4 heterocycles. The first-order valence-corrected chi connectivity index (χ1v) is 12.4. The molecular formula is C24H27F5N4O4. The molecule has 37 heavy (non-hydrogen) atoms. The predicted octanol–water partition coefficient (Wildman–Crippen LogP) is 2.71. The fourth-order valence-electron chi connectivity index (χ4n) is 6.22. The highest BCUT2D eigenvalue weighted by molar-refractivity contribution is 5.79. The summed E-state index contributed by atoms with van der Waals surface area (Å²) >= 11 is 0. The number of amides is 3. The summed E-state index contributed by atoms with van der Waals surface area (Å²) in [6.45, 7) is 1.76. The number of benzene rings is 1. The van der Waals surface area contributed by atoms with Crippen LogP contribution in [0.2, 0.25) is 0 Å². The number of fused-ring (bicyclic) bond motifs is 1. The maximum atomic E-state index is 13.6. The zero-order valence-electron chi connectivity index (χ0n) is 19.9. The van der Waals surface area contributed by atoms with Gasteiger partial charge in [0, 0.05) is 50.5 Å². The summed E-state index contributed by atoms with van der Waals surface area (Å²) in [7, 11) is 0. The van der Waals surface area contributed by atoms with Crippen molar-refractivity contribution >= 4 is 17.6 Å². The lowest BCUT2D eigenvalue weighted by molar-refractivity contribution is -0.171. The second kappa shape index (κ2) is 8.34. The second-order valence-electron chi connectivity index (χ2n) is 10.9. The van der Waals surface area contributed by atoms with Gasteiger partial charge in [-0.05, 0) is 18.6 Å². The van der Waals surface area contributed by atoms with Crippen LogP contribution < -0.4 is 15.0 Å². The number of hydrogen-bond donors (Lipinski definition) is 1. The summed E-state index contributed by atoms with van der Waals surface area (Å²) in [5.41, 5.74) is -1.51. The van der Waals surface area contributed by atoms with Crippen molar-refractivity contribution < 1.29 is 41.0 Å². The number of urea groups is 1. The second-order valence-corrected chi connectivity index (χ2v) is 10.9. The van der Waals surface area contributed by atoms with E-state index < -0.39 is 23.1 Å². The highest BCUT2D eigenvalue weighted by Crippen LogP contribution is 2.58. The number of likely N-dealkylation sites (tertiary alicyclic amines) is 2. The number of nitrogens with zero attached hydrogens (tertiary/aromatic N) is 3. The molecule has 0 aromatic heterocycles. The van der Waals surface area contributed by atoms with Crippen molar-refractivity contribution in [2.24, 2.45) is 5.41 Å². The average Bonchev–Trinajstić information content (AvgIpc) is 2.76. The van der Waals surface area contributed by atoms with Crippen LogP contribution in [0.5, 0.6) is 5.75 Å². The summed E-state index contributed by atoms with van der Waals surface area (Å²) in [5, 5.41) is 2.85. The molecule has 1 N–H and O–H groups in total. The van der Waals surface area contributed by atoms with Crippen LogP contribution in [0.4, 0.5) is 32.4 Å². The Balaban J connectivity index is 1.06. The van der Waals surface area contributed by atoms with Crippen molar-refractivity contribution in [2.75, 3.05) is 50.8 Å². The Morgan fingerprint density at radius 2 is 1.84 bits per heavy atom. The number of carbonyl (C=O) groups excluding carboxylic acids is 2. The summed E-state index contributed by atoms with van der Waals surface area (Å²) in [5.74, 6) is -2.70. The molecular weight excluding hydrogens is 503 g/mol. The van der Waals surface area contributed by atoms with E-state index in [4.69, 9.17) is 9.47 Å². The minimum absolute atomic E-state index is 0.0283. The monoisotopic (exact) mass is 530 g/mol. The van der Waals surface area contributed by atoms with Gasteiger partial charge in [-0.1, -0.05) is 0 Å². The Kier molecular flexibility index (Phi) is 5.52. The summed E-state index contributed by atoms with van der Waals surface area (Å²) in [4.78, 5) is 29.2. The molecule has 6 rings (SSSR count). The molecule has 0 bridgehead atoms. The van der Waals surface area contributed by atoms with Gasteiger partial charge in [0.2, 0.25) is 11.8 Å². The molecule has 2 atom stereocenters. The smallest absolute Gasteiger partial charge is 0.418 e. The number of morpholine rings is 1. The topological polar surface area (TPSA) is 74.3 Å². The lowest BCUT2D eigenvalue weighted by Crippen LogP contribution is -2.66. The molecule has 3 amide bonds. The van der Waals surface area contributed by atoms with Crippen LogP contribution >= 0.6 is 0 Å². The molecule has 1 aromatic carbocycles. The van der Waals surface area contributed by atoms with E-state index in [2.05, 4.69) is 5.32 Å². The van der Waals surface area contributed by atoms with Gasteiger partial charge in [0.05, 0.1) is 36.5 Å². The van der Waals surface area contributed by atoms with E-state index in [1.54, 1.807) is 9.80 Å². The average molecular weight is 530 g/mol. The number of nitrogens with one attached hydrogen (secondary N) is 1. The van der Waals surface area contributed by atoms with Crippen molar-refractivity contribution in [2.45, 2.75) is 49.6 Å². The third-order valence-corrected chi connectivity index (χ3v) is 7.95. The SMILES string of the molecule is O=C1COC2CCN(C(=O)N3CC(Oc4ccc(C(F)(F)F)c(N5CC6(C5)CC(F)(F)C6)c4)C3)CC2N1. The highest BCUT2D eigenvalue weighted by Gasteiger charge is 2.62. The minimum atomic E-state index is -4.59. The molecule has 5 fully saturated rings. The number of alkyl halides is 5. The Hall–Kier alpha value is -2.83. The molecule has 1 aliphatic carbocycles. The van der Waals surface area contributed by atoms with E-state index in [0.717, 1.165) is 6.07 Å². The molecule has 1 saturated carbocycles. The fourth-order valence-corrected chi connectivity index (χ4v) is 6.22. The van der Waals surface area contributed by atoms with Crippen LogP contribution in [0.15, 0.2) is 18.2 Å². The van der Waals surface area contributed by atoms with Crippen molar-refractivity contribution in [3.63, 3.8) is 0 Å². The van der Waals surface area contributed by atoms with Crippen LogP contribution in [0.25, 0.3) is 0 Å². The standard InChI is InChI=1S/C24H27F5N4O4/c25-23(26)10-22(11-23)12-33(13-22)18-5-14(1-2-16(18)24(27,28)29)37-15-6-32(7-15)21(35)31-4-3-19-17(8-31)30-20(34)9-36-19/h1-2,5,15,17,19H,3-4,6-13H2,(H,30,34). The van der Waals surface area contributed by atoms with Gasteiger partial charge in [-0.2, -0.15) is 13.2 Å². The summed E-state index contributed by atoms with van der Waals surface area (Å²) < 4.78 is 78.9. The Morgan fingerprint density at radius 3 is 2.51 bits per heavy atom. The van der Waals surface area contributed by atoms with Gasteiger partial charge in [-0.25, -0.2) is 13.6 Å². The maximum absolute atomic E-state index is 13.6. The molecule has 8 nitrogen and oxygen atoms in total. The quantitative estimate of drug-likeness (QED) is 0.609. The van der Waals surface area contributed by atoms with E-state index in [1.165, 1.54) is 17.0 Å². The lowest BCUT2D eigenvalue weighted by Gasteiger charge is -2.59. The van der Waals surface area contributed by atoms with Gasteiger partial charge in [-0.3, -0.25) is 4.79 Å². The number of halogens is 5. The molecule has 13 heteroatoms. The highest BCUT2D eigenvalue weighted by atomic mass is 19.4. The molecule has 4 aliphatic heterocycles. The van der Waals surface area contributed by atoms with Gasteiger partial charge in [0.25, 0.3) is 0 Å². The minimum Gasteiger partial charge on any atom is -0.487 e. The molecule has 4 saturated heterocycles. The first-order valence-electron chi connectivity index (χ1n) is 12.4. The first kappa shape index (κ1) is 24.5. The van der Waals surface area contributed by atoms with Crippen LogP contribution in [-0.4, -0.2) is 91.8 Å². The summed E-state index contributed by atoms with van der Waals surface area (Å²) in [6, 6.07) is 3.09. The largest absolute Gasteiger partial charge is 0.487 e. The Bertz CT molecular complexity index is 1090. The van der Waals surface area contributed by atoms with Crippen molar-refractivity contribution in [3.05, 3.63) is 23.8 Å². The number of hydrogen-bond acceptors (Lipinski definition) is 5. The molecule has 5 aliphatic rings. The van der Waals surface area contributed by atoms with Crippen LogP contribution in [0.1, 0.15) is 24.8 Å². The van der Waals surface area contributed by atoms with Gasteiger partial charge >= 0.3 is 12.2 Å². The Morgan fingerprint density at radius 1 is 1.11 bits per heavy atom. The van der Waals surface area contributed by atoms with Crippen LogP contribution in [0, 0.1) is 5.41 Å². The van der Waals surface area contributed by atoms with Gasteiger partial charge in [0.15, 0.2) is 0 Å². The first-order chi connectivity index (χ1) is 17.4. The van der Waals surface area contributed by atoms with Gasteiger partial charge in [-0.15, -0.1) is 0 Å². The zero-order valence-corrected chi connectivity index (χ0v) is 19.9. The fraction of sp³-hybridized carbons (Fsp3) is 0.667. The molecule has 0 radical (unpaired) electrons. The van der Waals surface area contributed by atoms with Crippen molar-refractivity contribution in [3.8, 4) is 5.75 Å². The molecule has 1 spiro atoms. The van der Waals surface area contributed by atoms with Gasteiger partial charge in [0.1, 0.15) is 18.5 Å². The van der Waals surface area contributed by atoms with E-state index in [1.807, 2.05) is 0 Å². The van der Waals surface area contributed by atoms with E-state index in [0.29, 0.717) is 19.5 Å². The number of piperidine rings is 1. The molecule has 2 unspecified atom stereocenters. The third-order valence-electron chi connectivity index (χ3n) is 7.95. The Labute approximate surface area is 209 Å². The van der Waals surface area contributed by atoms with E-state index >= 15 is 0 Å². The predicted molar refractivity (Wildman–Crippen MR) is 120 cm³/mol. The van der Waals surface area contributed by atoms with E-state index in [-0.39, 0.29) is 87.3 Å². The van der Waals surface area contributed by atoms with Crippen LogP contribution in [-0.2, 0) is 15.7 Å². The lowest BCUT2D eigenvalue weighted by atomic mass is 9.61. The third kappa shape index (κ3) is 4.55. The molecule has 202 valence electrons. The van der Waals surface area contributed by atoms with Crippen LogP contribution in [0.3, 0.4) is 0 Å². The maximum Gasteiger partial charge on any atom is 0.418 e. The van der Waals surface area contributed by atoms with Crippen molar-refractivity contribution in [1.29, 1.82) is 0 Å². The number of rotatable bonds is 3. The summed E-state index contributed by atoms with van der Waals surface area (Å²) in [6.07, 6.45) is -5.04.